The quantitative estimate of drug-likeness (QED) is 0.782. The molecule has 0 saturated heterocycles. The van der Waals surface area contributed by atoms with Gasteiger partial charge in [0.15, 0.2) is 0 Å². The molecule has 0 amide bonds. The number of hydrogen-bond donors (Lipinski definition) is 3. The summed E-state index contributed by atoms with van der Waals surface area (Å²) in [4.78, 5) is 0. The largest absolute Gasteiger partial charge is 0.508 e. The highest BCUT2D eigenvalue weighted by molar-refractivity contribution is 5.54. The molecule has 0 bridgehead atoms. The van der Waals surface area contributed by atoms with E-state index in [1.807, 2.05) is 26.8 Å². The van der Waals surface area contributed by atoms with Crippen molar-refractivity contribution in [2.45, 2.75) is 34.1 Å². The molecule has 0 aromatic heterocycles. The van der Waals surface area contributed by atoms with E-state index < -0.39 is 0 Å². The molecule has 0 saturated carbocycles. The van der Waals surface area contributed by atoms with E-state index in [4.69, 9.17) is 0 Å². The summed E-state index contributed by atoms with van der Waals surface area (Å²) >= 11 is 0. The third-order valence-electron chi connectivity index (χ3n) is 3.99. The zero-order valence-corrected chi connectivity index (χ0v) is 12.3. The number of aryl methyl sites for hydroxylation is 2. The van der Waals surface area contributed by atoms with Gasteiger partial charge in [-0.15, -0.1) is 0 Å². The number of benzene rings is 2. The van der Waals surface area contributed by atoms with E-state index >= 15 is 0 Å². The van der Waals surface area contributed by atoms with Crippen LogP contribution >= 0.6 is 0 Å². The molecule has 0 fully saturated rings. The minimum Gasteiger partial charge on any atom is -0.508 e. The SMILES string of the molecule is Cc1cc(C)c(O)c(Cc2ccc(O)c(C)c2O)c1C. The highest BCUT2D eigenvalue weighted by Crippen LogP contribution is 2.35. The van der Waals surface area contributed by atoms with Gasteiger partial charge in [0.25, 0.3) is 0 Å². The monoisotopic (exact) mass is 272 g/mol. The van der Waals surface area contributed by atoms with Crippen LogP contribution in [0.3, 0.4) is 0 Å². The number of hydrogen-bond acceptors (Lipinski definition) is 3. The lowest BCUT2D eigenvalue weighted by Gasteiger charge is -2.15. The first-order chi connectivity index (χ1) is 9.32. The molecule has 2 aromatic carbocycles. The molecule has 0 atom stereocenters. The average molecular weight is 272 g/mol. The Labute approximate surface area is 119 Å². The van der Waals surface area contributed by atoms with Gasteiger partial charge in [0.1, 0.15) is 17.2 Å². The molecule has 20 heavy (non-hydrogen) atoms. The van der Waals surface area contributed by atoms with Gasteiger partial charge in [-0.25, -0.2) is 0 Å². The highest BCUT2D eigenvalue weighted by atomic mass is 16.3. The van der Waals surface area contributed by atoms with Crippen molar-refractivity contribution in [2.75, 3.05) is 0 Å². The molecule has 0 aliphatic carbocycles. The van der Waals surface area contributed by atoms with Crippen LogP contribution in [0.4, 0.5) is 0 Å². The number of rotatable bonds is 2. The molecule has 2 aromatic rings. The lowest BCUT2D eigenvalue weighted by atomic mass is 9.92. The fourth-order valence-electron chi connectivity index (χ4n) is 2.45. The van der Waals surface area contributed by atoms with Crippen LogP contribution in [0.1, 0.15) is 33.4 Å². The Hall–Kier alpha value is -2.16. The summed E-state index contributed by atoms with van der Waals surface area (Å²) in [6, 6.07) is 5.21. The Morgan fingerprint density at radius 2 is 1.45 bits per heavy atom. The Morgan fingerprint density at radius 3 is 2.10 bits per heavy atom. The standard InChI is InChI=1S/C17H20O3/c1-9-7-10(2)16(19)14(11(9)3)8-13-5-6-15(18)12(4)17(13)20/h5-7,18-20H,8H2,1-4H3. The van der Waals surface area contributed by atoms with Crippen LogP contribution in [0.15, 0.2) is 18.2 Å². The molecule has 0 radical (unpaired) electrons. The summed E-state index contributed by atoms with van der Waals surface area (Å²) in [7, 11) is 0. The third kappa shape index (κ3) is 2.31. The Bertz CT molecular complexity index is 646. The van der Waals surface area contributed by atoms with Crippen molar-refractivity contribution in [1.82, 2.24) is 0 Å². The van der Waals surface area contributed by atoms with Crippen molar-refractivity contribution < 1.29 is 15.3 Å². The Balaban J connectivity index is 2.54. The second-order valence-electron chi connectivity index (χ2n) is 5.36. The molecule has 3 heteroatoms. The smallest absolute Gasteiger partial charge is 0.125 e. The molecular weight excluding hydrogens is 252 g/mol. The molecule has 106 valence electrons. The number of aromatic hydroxyl groups is 3. The molecule has 0 unspecified atom stereocenters. The average Bonchev–Trinajstić information content (AvgIpc) is 2.41. The first-order valence-electron chi connectivity index (χ1n) is 6.62. The van der Waals surface area contributed by atoms with Crippen LogP contribution in [0.25, 0.3) is 0 Å². The van der Waals surface area contributed by atoms with E-state index in [2.05, 4.69) is 0 Å². The molecule has 3 nitrogen and oxygen atoms in total. The molecule has 0 heterocycles. The van der Waals surface area contributed by atoms with Crippen LogP contribution in [-0.2, 0) is 6.42 Å². The van der Waals surface area contributed by atoms with E-state index in [0.717, 1.165) is 22.3 Å². The van der Waals surface area contributed by atoms with Gasteiger partial charge in [0, 0.05) is 17.5 Å². The summed E-state index contributed by atoms with van der Waals surface area (Å²) in [5.41, 5.74) is 4.96. The van der Waals surface area contributed by atoms with Gasteiger partial charge in [-0.3, -0.25) is 0 Å². The lowest BCUT2D eigenvalue weighted by molar-refractivity contribution is 0.438. The maximum absolute atomic E-state index is 10.2. The predicted molar refractivity (Wildman–Crippen MR) is 79.6 cm³/mol. The van der Waals surface area contributed by atoms with Crippen molar-refractivity contribution in [3.8, 4) is 17.2 Å². The predicted octanol–water partition coefficient (Wildman–Crippen LogP) is 3.63. The Morgan fingerprint density at radius 1 is 0.800 bits per heavy atom. The molecular formula is C17H20O3. The van der Waals surface area contributed by atoms with Crippen LogP contribution in [-0.4, -0.2) is 15.3 Å². The second kappa shape index (κ2) is 5.08. The van der Waals surface area contributed by atoms with Gasteiger partial charge in [-0.1, -0.05) is 12.1 Å². The number of phenols is 3. The molecule has 2 rings (SSSR count). The minimum atomic E-state index is 0.0765. The normalized spacial score (nSPS) is 10.8. The summed E-state index contributed by atoms with van der Waals surface area (Å²) in [5, 5.41) is 29.9. The summed E-state index contributed by atoms with van der Waals surface area (Å²) in [5.74, 6) is 0.439. The summed E-state index contributed by atoms with van der Waals surface area (Å²) < 4.78 is 0. The zero-order chi connectivity index (χ0) is 15.0. The lowest BCUT2D eigenvalue weighted by Crippen LogP contribution is -1.98. The molecule has 3 N–H and O–H groups in total. The fraction of sp³-hybridized carbons (Fsp3) is 0.294. The van der Waals surface area contributed by atoms with Crippen molar-refractivity contribution in [2.24, 2.45) is 0 Å². The minimum absolute atomic E-state index is 0.0765. The van der Waals surface area contributed by atoms with Gasteiger partial charge in [-0.05, 0) is 56.0 Å². The maximum atomic E-state index is 10.2. The van der Waals surface area contributed by atoms with Crippen molar-refractivity contribution >= 4 is 0 Å². The number of phenolic OH excluding ortho intramolecular Hbond substituents is 3. The fourth-order valence-corrected chi connectivity index (χ4v) is 2.45. The van der Waals surface area contributed by atoms with Crippen molar-refractivity contribution in [3.05, 3.63) is 51.6 Å². The van der Waals surface area contributed by atoms with Gasteiger partial charge < -0.3 is 15.3 Å². The zero-order valence-electron chi connectivity index (χ0n) is 12.3. The first kappa shape index (κ1) is 14.3. The maximum Gasteiger partial charge on any atom is 0.125 e. The third-order valence-corrected chi connectivity index (χ3v) is 3.99. The highest BCUT2D eigenvalue weighted by Gasteiger charge is 2.15. The van der Waals surface area contributed by atoms with E-state index in [-0.39, 0.29) is 17.2 Å². The van der Waals surface area contributed by atoms with Gasteiger partial charge in [0.05, 0.1) is 0 Å². The van der Waals surface area contributed by atoms with E-state index in [1.165, 1.54) is 0 Å². The molecule has 0 aliphatic heterocycles. The van der Waals surface area contributed by atoms with Crippen LogP contribution < -0.4 is 0 Å². The van der Waals surface area contributed by atoms with Crippen LogP contribution in [0.5, 0.6) is 17.2 Å². The van der Waals surface area contributed by atoms with Crippen molar-refractivity contribution in [3.63, 3.8) is 0 Å². The molecule has 0 aliphatic rings. The van der Waals surface area contributed by atoms with Crippen molar-refractivity contribution in [1.29, 1.82) is 0 Å². The summed E-state index contributed by atoms with van der Waals surface area (Å²) in [6.45, 7) is 7.51. The van der Waals surface area contributed by atoms with Gasteiger partial charge in [0.2, 0.25) is 0 Å². The molecule has 0 spiro atoms. The van der Waals surface area contributed by atoms with Crippen LogP contribution in [0, 0.1) is 27.7 Å². The summed E-state index contributed by atoms with van der Waals surface area (Å²) in [6.07, 6.45) is 0.438. The van der Waals surface area contributed by atoms with Crippen LogP contribution in [0.2, 0.25) is 0 Å². The second-order valence-corrected chi connectivity index (χ2v) is 5.36. The topological polar surface area (TPSA) is 60.7 Å². The van der Waals surface area contributed by atoms with E-state index in [1.54, 1.807) is 19.1 Å². The van der Waals surface area contributed by atoms with Gasteiger partial charge in [-0.2, -0.15) is 0 Å². The van der Waals surface area contributed by atoms with Gasteiger partial charge >= 0.3 is 0 Å². The van der Waals surface area contributed by atoms with E-state index in [0.29, 0.717) is 17.5 Å². The first-order valence-corrected chi connectivity index (χ1v) is 6.62. The Kier molecular flexibility index (Phi) is 3.62. The van der Waals surface area contributed by atoms with E-state index in [9.17, 15) is 15.3 Å².